The highest BCUT2D eigenvalue weighted by Crippen LogP contribution is 2.23. The molecule has 1 rings (SSSR count). The Kier molecular flexibility index (Phi) is 6.41. The predicted molar refractivity (Wildman–Crippen MR) is 80.1 cm³/mol. The number of sulfonamides is 1. The van der Waals surface area contributed by atoms with Gasteiger partial charge < -0.3 is 5.32 Å². The van der Waals surface area contributed by atoms with Gasteiger partial charge in [-0.25, -0.2) is 13.4 Å². The van der Waals surface area contributed by atoms with Gasteiger partial charge >= 0.3 is 0 Å². The van der Waals surface area contributed by atoms with Crippen molar-refractivity contribution in [1.82, 2.24) is 15.2 Å². The van der Waals surface area contributed by atoms with E-state index in [0.29, 0.717) is 11.0 Å². The van der Waals surface area contributed by atoms with Crippen LogP contribution in [0, 0.1) is 0 Å². The molecule has 0 spiro atoms. The van der Waals surface area contributed by atoms with Crippen molar-refractivity contribution in [2.75, 3.05) is 20.6 Å². The van der Waals surface area contributed by atoms with E-state index in [1.807, 2.05) is 6.07 Å². The number of benzene rings is 1. The Labute approximate surface area is 123 Å². The third-order valence-electron chi connectivity index (χ3n) is 2.34. The first kappa shape index (κ1) is 16.6. The molecule has 0 saturated carbocycles. The lowest BCUT2D eigenvalue weighted by molar-refractivity contribution is 0.364. The molecule has 0 aliphatic carbocycles. The van der Waals surface area contributed by atoms with E-state index in [9.17, 15) is 8.42 Å². The maximum Gasteiger partial charge on any atom is 0.254 e. The lowest BCUT2D eigenvalue weighted by Gasteiger charge is -2.14. The molecule has 2 N–H and O–H groups in total. The van der Waals surface area contributed by atoms with Gasteiger partial charge in [-0.15, -0.1) is 4.83 Å². The zero-order valence-electron chi connectivity index (χ0n) is 11.4. The third kappa shape index (κ3) is 5.19. The summed E-state index contributed by atoms with van der Waals surface area (Å²) in [7, 11) is -0.268. The molecule has 0 aliphatic rings. The van der Waals surface area contributed by atoms with Crippen LogP contribution in [0.3, 0.4) is 0 Å². The number of hydrazine groups is 1. The fourth-order valence-corrected chi connectivity index (χ4v) is 3.66. The molecular formula is C12H20BrN3O2S. The summed E-state index contributed by atoms with van der Waals surface area (Å²) in [5.41, 5.74) is 0.941. The molecule has 0 aromatic heterocycles. The highest BCUT2D eigenvalue weighted by molar-refractivity contribution is 9.10. The van der Waals surface area contributed by atoms with Crippen LogP contribution in [0.25, 0.3) is 0 Å². The lowest BCUT2D eigenvalue weighted by atomic mass is 10.2. The molecule has 0 bridgehead atoms. The highest BCUT2D eigenvalue weighted by Gasteiger charge is 2.18. The quantitative estimate of drug-likeness (QED) is 0.581. The molecule has 5 nitrogen and oxygen atoms in total. The van der Waals surface area contributed by atoms with E-state index in [4.69, 9.17) is 0 Å². The Morgan fingerprint density at radius 3 is 2.58 bits per heavy atom. The molecule has 0 fully saturated rings. The first-order valence-corrected chi connectivity index (χ1v) is 8.33. The number of nitrogens with zero attached hydrogens (tertiary/aromatic N) is 1. The monoisotopic (exact) mass is 349 g/mol. The zero-order valence-corrected chi connectivity index (χ0v) is 13.8. The van der Waals surface area contributed by atoms with Crippen molar-refractivity contribution >= 4 is 26.0 Å². The van der Waals surface area contributed by atoms with Gasteiger partial charge in [0.25, 0.3) is 10.0 Å². The summed E-state index contributed by atoms with van der Waals surface area (Å²) in [6.07, 6.45) is 1.05. The molecule has 1 aromatic carbocycles. The number of hydrogen-bond donors (Lipinski definition) is 2. The number of nitrogens with one attached hydrogen (secondary N) is 2. The van der Waals surface area contributed by atoms with Crippen LogP contribution < -0.4 is 10.1 Å². The van der Waals surface area contributed by atoms with E-state index in [-0.39, 0.29) is 4.90 Å². The van der Waals surface area contributed by atoms with Crippen LogP contribution in [0.4, 0.5) is 0 Å². The van der Waals surface area contributed by atoms with E-state index in [0.717, 1.165) is 18.5 Å². The van der Waals surface area contributed by atoms with Gasteiger partial charge in [-0.3, -0.25) is 0 Å². The second-order valence-electron chi connectivity index (χ2n) is 4.43. The molecular weight excluding hydrogens is 330 g/mol. The third-order valence-corrected chi connectivity index (χ3v) is 4.82. The van der Waals surface area contributed by atoms with Crippen LogP contribution in [0.15, 0.2) is 27.6 Å². The summed E-state index contributed by atoms with van der Waals surface area (Å²) in [6, 6.07) is 5.34. The van der Waals surface area contributed by atoms with Crippen molar-refractivity contribution in [3.05, 3.63) is 28.2 Å². The van der Waals surface area contributed by atoms with E-state index in [1.54, 1.807) is 26.2 Å². The van der Waals surface area contributed by atoms with Gasteiger partial charge in [0, 0.05) is 25.1 Å². The van der Waals surface area contributed by atoms with E-state index in [1.165, 1.54) is 5.01 Å². The molecule has 0 unspecified atom stereocenters. The minimum Gasteiger partial charge on any atom is -0.313 e. The van der Waals surface area contributed by atoms with Crippen LogP contribution in [0.5, 0.6) is 0 Å². The molecule has 0 radical (unpaired) electrons. The van der Waals surface area contributed by atoms with E-state index in [2.05, 4.69) is 33.0 Å². The van der Waals surface area contributed by atoms with Gasteiger partial charge in [-0.1, -0.05) is 13.0 Å². The topological polar surface area (TPSA) is 61.4 Å². The summed E-state index contributed by atoms with van der Waals surface area (Å²) in [4.78, 5) is 2.67. The van der Waals surface area contributed by atoms with Crippen LogP contribution in [-0.2, 0) is 16.6 Å². The maximum absolute atomic E-state index is 12.1. The zero-order chi connectivity index (χ0) is 14.5. The van der Waals surface area contributed by atoms with Gasteiger partial charge in [0.05, 0.1) is 4.90 Å². The smallest absolute Gasteiger partial charge is 0.254 e. The molecule has 19 heavy (non-hydrogen) atoms. The van der Waals surface area contributed by atoms with Crippen molar-refractivity contribution in [3.8, 4) is 0 Å². The summed E-state index contributed by atoms with van der Waals surface area (Å²) in [5, 5.41) is 4.66. The lowest BCUT2D eigenvalue weighted by Crippen LogP contribution is -2.36. The SMILES string of the molecule is CCCNCc1ccc(Br)c(S(=O)(=O)NN(C)C)c1. The van der Waals surface area contributed by atoms with Crippen LogP contribution in [0.1, 0.15) is 18.9 Å². The second kappa shape index (κ2) is 7.35. The summed E-state index contributed by atoms with van der Waals surface area (Å²) >= 11 is 3.28. The van der Waals surface area contributed by atoms with E-state index < -0.39 is 10.0 Å². The molecule has 0 amide bonds. The number of rotatable bonds is 7. The average molecular weight is 350 g/mol. The highest BCUT2D eigenvalue weighted by atomic mass is 79.9. The van der Waals surface area contributed by atoms with Gasteiger partial charge in [0.15, 0.2) is 0 Å². The minimum atomic E-state index is -3.54. The Bertz CT molecular complexity index is 518. The van der Waals surface area contributed by atoms with Crippen LogP contribution >= 0.6 is 15.9 Å². The minimum absolute atomic E-state index is 0.247. The van der Waals surface area contributed by atoms with Gasteiger partial charge in [-0.05, 0) is 46.6 Å². The first-order valence-electron chi connectivity index (χ1n) is 6.05. The van der Waals surface area contributed by atoms with Gasteiger partial charge in [0.2, 0.25) is 0 Å². The summed E-state index contributed by atoms with van der Waals surface area (Å²) < 4.78 is 24.8. The van der Waals surface area contributed by atoms with Crippen LogP contribution in [-0.4, -0.2) is 34.1 Å². The average Bonchev–Trinajstić information content (AvgIpc) is 2.29. The normalized spacial score (nSPS) is 12.1. The maximum atomic E-state index is 12.1. The van der Waals surface area contributed by atoms with Crippen LogP contribution in [0.2, 0.25) is 0 Å². The Morgan fingerprint density at radius 1 is 1.32 bits per heavy atom. The van der Waals surface area contributed by atoms with Crippen molar-refractivity contribution < 1.29 is 8.42 Å². The van der Waals surface area contributed by atoms with Crippen molar-refractivity contribution in [1.29, 1.82) is 0 Å². The van der Waals surface area contributed by atoms with Gasteiger partial charge in [-0.2, -0.15) is 0 Å². The van der Waals surface area contributed by atoms with Crippen molar-refractivity contribution in [2.24, 2.45) is 0 Å². The Morgan fingerprint density at radius 2 is 2.00 bits per heavy atom. The molecule has 0 aliphatic heterocycles. The van der Waals surface area contributed by atoms with E-state index >= 15 is 0 Å². The summed E-state index contributed by atoms with van der Waals surface area (Å²) in [5.74, 6) is 0. The molecule has 0 atom stereocenters. The first-order chi connectivity index (χ1) is 8.86. The fraction of sp³-hybridized carbons (Fsp3) is 0.500. The standard InChI is InChI=1S/C12H20BrN3O2S/c1-4-7-14-9-10-5-6-11(13)12(8-10)19(17,18)15-16(2)3/h5-6,8,14-15H,4,7,9H2,1-3H3. The summed E-state index contributed by atoms with van der Waals surface area (Å²) in [6.45, 7) is 3.66. The van der Waals surface area contributed by atoms with Crippen molar-refractivity contribution in [2.45, 2.75) is 24.8 Å². The molecule has 7 heteroatoms. The second-order valence-corrected chi connectivity index (χ2v) is 6.91. The molecule has 108 valence electrons. The van der Waals surface area contributed by atoms with Gasteiger partial charge in [0.1, 0.15) is 0 Å². The molecule has 0 heterocycles. The number of halogens is 1. The molecule has 1 aromatic rings. The Hall–Kier alpha value is -0.470. The largest absolute Gasteiger partial charge is 0.313 e. The number of hydrogen-bond acceptors (Lipinski definition) is 4. The predicted octanol–water partition coefficient (Wildman–Crippen LogP) is 1.70. The van der Waals surface area contributed by atoms with Crippen molar-refractivity contribution in [3.63, 3.8) is 0 Å². The fourth-order valence-electron chi connectivity index (χ4n) is 1.56. The molecule has 0 saturated heterocycles. The Balaban J connectivity index is 2.97.